The number of carboxylic acids is 1. The maximum absolute atomic E-state index is 12.0. The van der Waals surface area contributed by atoms with Crippen LogP contribution in [0.5, 0.6) is 0 Å². The van der Waals surface area contributed by atoms with Crippen LogP contribution in [0.2, 0.25) is 0 Å². The Morgan fingerprint density at radius 3 is 2.17 bits per heavy atom. The number of carboxylic acid groups (broad SMARTS) is 1. The summed E-state index contributed by atoms with van der Waals surface area (Å²) in [5.41, 5.74) is 0. The molecule has 0 amide bonds. The van der Waals surface area contributed by atoms with E-state index in [1.807, 2.05) is 0 Å². The molecule has 0 aromatic heterocycles. The van der Waals surface area contributed by atoms with Crippen LogP contribution < -0.4 is 0 Å². The van der Waals surface area contributed by atoms with Crippen LogP contribution in [0.4, 0.5) is 0 Å². The molecule has 4 unspecified atom stereocenters. The fourth-order valence-corrected chi connectivity index (χ4v) is 3.63. The Labute approximate surface area is 171 Å². The first-order valence-corrected chi connectivity index (χ1v) is 9.47. The molecule has 13 heteroatoms. The minimum atomic E-state index is -2.93. The summed E-state index contributed by atoms with van der Waals surface area (Å²) in [6.45, 7) is 1.10. The number of aliphatic hydroxyl groups excluding tert-OH is 8. The topological polar surface area (TPSA) is 227 Å². The van der Waals surface area contributed by atoms with Gasteiger partial charge in [0.2, 0.25) is 0 Å². The summed E-state index contributed by atoms with van der Waals surface area (Å²) in [6, 6.07) is 0. The normalized spacial score (nSPS) is 46.9. The van der Waals surface area contributed by atoms with Crippen molar-refractivity contribution in [1.29, 1.82) is 0 Å². The molecule has 0 saturated carbocycles. The van der Waals surface area contributed by atoms with Gasteiger partial charge in [-0.25, -0.2) is 4.79 Å². The Bertz CT molecular complexity index is 586. The molecular formula is C17H30O13. The first kappa shape index (κ1) is 25.3. The fourth-order valence-electron chi connectivity index (χ4n) is 3.63. The average Bonchev–Trinajstić information content (AvgIpc) is 2.72. The first-order valence-electron chi connectivity index (χ1n) is 9.47. The van der Waals surface area contributed by atoms with Crippen LogP contribution in [-0.2, 0) is 19.0 Å². The molecule has 2 saturated heterocycles. The molecular weight excluding hydrogens is 412 g/mol. The smallest absolute Gasteiger partial charge is 0.367 e. The Morgan fingerprint density at radius 1 is 1.03 bits per heavy atom. The Balaban J connectivity index is 2.27. The molecule has 0 spiro atoms. The van der Waals surface area contributed by atoms with Crippen LogP contribution in [0.3, 0.4) is 0 Å². The molecule has 13 nitrogen and oxygen atoms in total. The van der Waals surface area contributed by atoms with E-state index in [1.54, 1.807) is 0 Å². The van der Waals surface area contributed by atoms with Crippen molar-refractivity contribution in [1.82, 2.24) is 0 Å². The predicted molar refractivity (Wildman–Crippen MR) is 93.8 cm³/mol. The molecule has 0 radical (unpaired) electrons. The zero-order valence-electron chi connectivity index (χ0n) is 16.4. The molecule has 9 N–H and O–H groups in total. The van der Waals surface area contributed by atoms with Gasteiger partial charge in [0.05, 0.1) is 31.5 Å². The fraction of sp³-hybridized carbons (Fsp3) is 0.941. The van der Waals surface area contributed by atoms with Gasteiger partial charge in [-0.2, -0.15) is 0 Å². The number of hydrogen-bond acceptors (Lipinski definition) is 12. The van der Waals surface area contributed by atoms with Crippen LogP contribution in [0.1, 0.15) is 13.8 Å². The monoisotopic (exact) mass is 442 g/mol. The van der Waals surface area contributed by atoms with Gasteiger partial charge in [-0.15, -0.1) is 0 Å². The third-order valence-electron chi connectivity index (χ3n) is 5.71. The maximum atomic E-state index is 12.0. The van der Waals surface area contributed by atoms with Gasteiger partial charge < -0.3 is 60.2 Å². The van der Waals surface area contributed by atoms with Gasteiger partial charge in [0.1, 0.15) is 42.7 Å². The summed E-state index contributed by atoms with van der Waals surface area (Å²) in [5, 5.41) is 89.0. The summed E-state index contributed by atoms with van der Waals surface area (Å²) in [7, 11) is 0. The predicted octanol–water partition coefficient (Wildman–Crippen LogP) is -4.88. The zero-order chi connectivity index (χ0) is 23.0. The molecule has 0 aromatic rings. The standard InChI is InChI=1S/C17H30O13/c1-5-9(20)15(25)17(16(26)27,30-14(5)11(22)7(19)3-18)28-4-8-12(23)13(24)10(21)6(2)29-8/h5-15,18-25H,3-4H2,1-2H3,(H,26,27)/t5-,6+,7-,8?,9+,10?,11-,12+,13-,14?,15?,17-/m1/s1. The maximum Gasteiger partial charge on any atom is 0.367 e. The third-order valence-corrected chi connectivity index (χ3v) is 5.71. The lowest BCUT2D eigenvalue weighted by atomic mass is 9.82. The average molecular weight is 442 g/mol. The lowest BCUT2D eigenvalue weighted by molar-refractivity contribution is -0.361. The molecule has 2 heterocycles. The molecule has 2 aliphatic rings. The Kier molecular flexibility index (Phi) is 8.15. The van der Waals surface area contributed by atoms with Crippen LogP contribution in [0.15, 0.2) is 0 Å². The number of ether oxygens (including phenoxy) is 3. The van der Waals surface area contributed by atoms with E-state index in [9.17, 15) is 45.6 Å². The van der Waals surface area contributed by atoms with Crippen molar-refractivity contribution in [2.45, 2.75) is 80.7 Å². The summed E-state index contributed by atoms with van der Waals surface area (Å²) in [4.78, 5) is 12.0. The van der Waals surface area contributed by atoms with Gasteiger partial charge in [0, 0.05) is 5.92 Å². The highest BCUT2D eigenvalue weighted by molar-refractivity contribution is 5.77. The summed E-state index contributed by atoms with van der Waals surface area (Å²) < 4.78 is 15.9. The van der Waals surface area contributed by atoms with E-state index < -0.39 is 91.9 Å². The van der Waals surface area contributed by atoms with Crippen molar-refractivity contribution in [3.8, 4) is 0 Å². The number of aliphatic hydroxyl groups is 8. The van der Waals surface area contributed by atoms with Crippen molar-refractivity contribution in [3.63, 3.8) is 0 Å². The van der Waals surface area contributed by atoms with E-state index >= 15 is 0 Å². The zero-order valence-corrected chi connectivity index (χ0v) is 16.4. The molecule has 30 heavy (non-hydrogen) atoms. The lowest BCUT2D eigenvalue weighted by Gasteiger charge is -2.49. The number of rotatable bonds is 7. The van der Waals surface area contributed by atoms with Crippen molar-refractivity contribution >= 4 is 5.97 Å². The molecule has 2 rings (SSSR count). The van der Waals surface area contributed by atoms with E-state index in [4.69, 9.17) is 19.3 Å². The van der Waals surface area contributed by atoms with Gasteiger partial charge in [-0.05, 0) is 6.92 Å². The first-order chi connectivity index (χ1) is 13.9. The van der Waals surface area contributed by atoms with Crippen molar-refractivity contribution in [3.05, 3.63) is 0 Å². The second kappa shape index (κ2) is 9.67. The summed E-state index contributed by atoms with van der Waals surface area (Å²) in [5.74, 6) is -5.88. The van der Waals surface area contributed by atoms with Crippen LogP contribution in [0.25, 0.3) is 0 Å². The Morgan fingerprint density at radius 2 is 1.63 bits per heavy atom. The van der Waals surface area contributed by atoms with Gasteiger partial charge >= 0.3 is 5.97 Å². The minimum Gasteiger partial charge on any atom is -0.477 e. The van der Waals surface area contributed by atoms with Crippen LogP contribution in [-0.4, -0.2) is 132 Å². The van der Waals surface area contributed by atoms with E-state index in [2.05, 4.69) is 0 Å². The third kappa shape index (κ3) is 4.47. The summed E-state index contributed by atoms with van der Waals surface area (Å²) >= 11 is 0. The number of hydrogen-bond donors (Lipinski definition) is 9. The second-order valence-electron chi connectivity index (χ2n) is 7.75. The highest BCUT2D eigenvalue weighted by Gasteiger charge is 2.61. The van der Waals surface area contributed by atoms with Gasteiger partial charge in [-0.3, -0.25) is 0 Å². The van der Waals surface area contributed by atoms with Gasteiger partial charge in [0.15, 0.2) is 0 Å². The number of carbonyl (C=O) groups is 1. The van der Waals surface area contributed by atoms with Gasteiger partial charge in [0.25, 0.3) is 5.79 Å². The number of aliphatic carboxylic acids is 1. The van der Waals surface area contributed by atoms with Crippen molar-refractivity contribution < 1.29 is 65.0 Å². The second-order valence-corrected chi connectivity index (χ2v) is 7.75. The molecule has 0 bridgehead atoms. The molecule has 176 valence electrons. The van der Waals surface area contributed by atoms with Crippen molar-refractivity contribution in [2.75, 3.05) is 13.2 Å². The van der Waals surface area contributed by atoms with E-state index in [1.165, 1.54) is 13.8 Å². The highest BCUT2D eigenvalue weighted by atomic mass is 16.7. The van der Waals surface area contributed by atoms with Crippen molar-refractivity contribution in [2.24, 2.45) is 5.92 Å². The van der Waals surface area contributed by atoms with Crippen LogP contribution >= 0.6 is 0 Å². The SMILES string of the molecule is C[C@@H]1OC(CO[C@@]2(C(=O)O)OC([C@H](O)[C@H](O)CO)[C@H](C)[C@H](O)C2O)[C@H](O)[C@H](O)C1O. The van der Waals surface area contributed by atoms with E-state index in [0.717, 1.165) is 0 Å². The molecule has 0 aliphatic carbocycles. The quantitative estimate of drug-likeness (QED) is 0.180. The van der Waals surface area contributed by atoms with E-state index in [-0.39, 0.29) is 0 Å². The van der Waals surface area contributed by atoms with E-state index in [0.29, 0.717) is 0 Å². The van der Waals surface area contributed by atoms with Gasteiger partial charge in [-0.1, -0.05) is 6.92 Å². The van der Waals surface area contributed by atoms with Crippen LogP contribution in [0, 0.1) is 5.92 Å². The molecule has 0 aromatic carbocycles. The lowest BCUT2D eigenvalue weighted by Crippen LogP contribution is -2.69. The minimum absolute atomic E-state index is 0.745. The molecule has 2 aliphatic heterocycles. The molecule has 12 atom stereocenters. The summed E-state index contributed by atoms with van der Waals surface area (Å²) in [6.07, 6.45) is -16.0. The Hall–Kier alpha value is -0.970. The largest absolute Gasteiger partial charge is 0.477 e. The highest BCUT2D eigenvalue weighted by Crippen LogP contribution is 2.37. The molecule has 2 fully saturated rings.